The van der Waals surface area contributed by atoms with Gasteiger partial charge < -0.3 is 5.32 Å². The average Bonchev–Trinajstić information content (AvgIpc) is 3.43. The molecule has 1 aromatic heterocycles. The number of aromatic nitrogens is 3. The number of halogens is 2. The van der Waals surface area contributed by atoms with Crippen LogP contribution in [0.3, 0.4) is 0 Å². The molecule has 1 aliphatic carbocycles. The quantitative estimate of drug-likeness (QED) is 0.611. The van der Waals surface area contributed by atoms with Crippen LogP contribution in [0.15, 0.2) is 53.7 Å². The highest BCUT2D eigenvalue weighted by atomic mass is 32.2. The molecular formula is C20H18F2N4OS. The molecule has 0 radical (unpaired) electrons. The Balaban J connectivity index is 1.55. The zero-order valence-electron chi connectivity index (χ0n) is 15.1. The molecule has 1 heterocycles. The van der Waals surface area contributed by atoms with Gasteiger partial charge in [0.15, 0.2) is 11.0 Å². The van der Waals surface area contributed by atoms with Crippen molar-refractivity contribution in [2.45, 2.75) is 36.2 Å². The van der Waals surface area contributed by atoms with Crippen LogP contribution in [0.4, 0.5) is 14.5 Å². The van der Waals surface area contributed by atoms with E-state index in [1.54, 1.807) is 31.2 Å². The molecule has 0 saturated heterocycles. The summed E-state index contributed by atoms with van der Waals surface area (Å²) in [5, 5.41) is 11.2. The number of nitrogens with zero attached hydrogens (tertiary/aromatic N) is 3. The smallest absolute Gasteiger partial charge is 0.237 e. The first kappa shape index (κ1) is 18.6. The third-order valence-electron chi connectivity index (χ3n) is 4.43. The van der Waals surface area contributed by atoms with E-state index in [0.29, 0.717) is 22.2 Å². The molecule has 1 amide bonds. The zero-order valence-corrected chi connectivity index (χ0v) is 15.9. The van der Waals surface area contributed by atoms with Gasteiger partial charge in [0.05, 0.1) is 10.8 Å². The van der Waals surface area contributed by atoms with E-state index in [1.807, 2.05) is 4.57 Å². The molecule has 1 saturated carbocycles. The summed E-state index contributed by atoms with van der Waals surface area (Å²) in [6.45, 7) is 1.74. The first-order valence-electron chi connectivity index (χ1n) is 8.96. The van der Waals surface area contributed by atoms with Crippen LogP contribution in [0.25, 0.3) is 11.4 Å². The first-order chi connectivity index (χ1) is 13.5. The molecule has 3 aromatic rings. The second-order valence-electron chi connectivity index (χ2n) is 6.65. The Kier molecular flexibility index (Phi) is 5.13. The van der Waals surface area contributed by atoms with Gasteiger partial charge in [0.25, 0.3) is 0 Å². The van der Waals surface area contributed by atoms with Crippen LogP contribution in [0.2, 0.25) is 0 Å². The summed E-state index contributed by atoms with van der Waals surface area (Å²) < 4.78 is 29.4. The predicted molar refractivity (Wildman–Crippen MR) is 104 cm³/mol. The van der Waals surface area contributed by atoms with Crippen LogP contribution < -0.4 is 5.32 Å². The zero-order chi connectivity index (χ0) is 19.7. The SMILES string of the molecule is C[C@H](Sc1nnc(-c2ccccc2F)n1C1CC1)C(=O)Nc1cccc(F)c1. The second kappa shape index (κ2) is 7.71. The minimum atomic E-state index is -0.488. The Hall–Kier alpha value is -2.74. The molecule has 4 rings (SSSR count). The Morgan fingerprint density at radius 3 is 2.68 bits per heavy atom. The Labute approximate surface area is 165 Å². The lowest BCUT2D eigenvalue weighted by Gasteiger charge is -2.13. The van der Waals surface area contributed by atoms with Crippen molar-refractivity contribution in [3.05, 3.63) is 60.2 Å². The van der Waals surface area contributed by atoms with Crippen molar-refractivity contribution in [1.29, 1.82) is 0 Å². The van der Waals surface area contributed by atoms with Crippen LogP contribution in [0.1, 0.15) is 25.8 Å². The van der Waals surface area contributed by atoms with Crippen LogP contribution in [0.5, 0.6) is 0 Å². The van der Waals surface area contributed by atoms with E-state index >= 15 is 0 Å². The fraction of sp³-hybridized carbons (Fsp3) is 0.250. The minimum absolute atomic E-state index is 0.214. The summed E-state index contributed by atoms with van der Waals surface area (Å²) in [4.78, 5) is 12.5. The Morgan fingerprint density at radius 2 is 1.96 bits per heavy atom. The summed E-state index contributed by atoms with van der Waals surface area (Å²) in [5.74, 6) is -0.569. The predicted octanol–water partition coefficient (Wildman–Crippen LogP) is 4.68. The van der Waals surface area contributed by atoms with Gasteiger partial charge in [-0.05, 0) is 50.1 Å². The molecule has 1 N–H and O–H groups in total. The number of carbonyl (C=O) groups is 1. The molecule has 8 heteroatoms. The number of hydrogen-bond acceptors (Lipinski definition) is 4. The molecule has 0 spiro atoms. The monoisotopic (exact) mass is 400 g/mol. The number of amides is 1. The molecule has 1 fully saturated rings. The van der Waals surface area contributed by atoms with Gasteiger partial charge in [-0.25, -0.2) is 8.78 Å². The summed E-state index contributed by atoms with van der Waals surface area (Å²) in [6, 6.07) is 12.4. The Morgan fingerprint density at radius 1 is 1.18 bits per heavy atom. The number of anilines is 1. The maximum atomic E-state index is 14.2. The van der Waals surface area contributed by atoms with Gasteiger partial charge in [0, 0.05) is 11.7 Å². The van der Waals surface area contributed by atoms with Gasteiger partial charge >= 0.3 is 0 Å². The van der Waals surface area contributed by atoms with E-state index in [9.17, 15) is 13.6 Å². The first-order valence-corrected chi connectivity index (χ1v) is 9.84. The van der Waals surface area contributed by atoms with Crippen molar-refractivity contribution in [2.24, 2.45) is 0 Å². The minimum Gasteiger partial charge on any atom is -0.325 e. The van der Waals surface area contributed by atoms with Gasteiger partial charge in [0.1, 0.15) is 11.6 Å². The lowest BCUT2D eigenvalue weighted by atomic mass is 10.2. The molecule has 1 atom stereocenters. The second-order valence-corrected chi connectivity index (χ2v) is 7.95. The van der Waals surface area contributed by atoms with Crippen molar-refractivity contribution >= 4 is 23.4 Å². The molecule has 5 nitrogen and oxygen atoms in total. The summed E-state index contributed by atoms with van der Waals surface area (Å²) in [7, 11) is 0. The molecule has 0 bridgehead atoms. The third kappa shape index (κ3) is 3.91. The van der Waals surface area contributed by atoms with Crippen molar-refractivity contribution in [2.75, 3.05) is 5.32 Å². The van der Waals surface area contributed by atoms with Crippen LogP contribution in [0, 0.1) is 11.6 Å². The van der Waals surface area contributed by atoms with E-state index in [1.165, 1.54) is 36.0 Å². The number of benzene rings is 2. The van der Waals surface area contributed by atoms with E-state index in [4.69, 9.17) is 0 Å². The van der Waals surface area contributed by atoms with Crippen molar-refractivity contribution in [1.82, 2.24) is 14.8 Å². The van der Waals surface area contributed by atoms with Crippen LogP contribution >= 0.6 is 11.8 Å². The number of rotatable bonds is 6. The van der Waals surface area contributed by atoms with E-state index in [-0.39, 0.29) is 17.8 Å². The fourth-order valence-corrected chi connectivity index (χ4v) is 3.79. The topological polar surface area (TPSA) is 59.8 Å². The van der Waals surface area contributed by atoms with E-state index in [0.717, 1.165) is 12.8 Å². The normalized spacial score (nSPS) is 14.7. The van der Waals surface area contributed by atoms with Crippen molar-refractivity contribution in [3.8, 4) is 11.4 Å². The number of carbonyl (C=O) groups excluding carboxylic acids is 1. The van der Waals surface area contributed by atoms with Gasteiger partial charge in [-0.15, -0.1) is 10.2 Å². The van der Waals surface area contributed by atoms with E-state index < -0.39 is 11.1 Å². The van der Waals surface area contributed by atoms with Gasteiger partial charge in [-0.2, -0.15) is 0 Å². The Bertz CT molecular complexity index is 1020. The van der Waals surface area contributed by atoms with Crippen LogP contribution in [-0.4, -0.2) is 25.9 Å². The van der Waals surface area contributed by atoms with Gasteiger partial charge in [-0.3, -0.25) is 9.36 Å². The maximum Gasteiger partial charge on any atom is 0.237 e. The summed E-state index contributed by atoms with van der Waals surface area (Å²) >= 11 is 1.25. The maximum absolute atomic E-state index is 14.2. The lowest BCUT2D eigenvalue weighted by molar-refractivity contribution is -0.115. The molecule has 2 aromatic carbocycles. The number of nitrogens with one attached hydrogen (secondary N) is 1. The molecule has 144 valence electrons. The number of thioether (sulfide) groups is 1. The van der Waals surface area contributed by atoms with Crippen LogP contribution in [-0.2, 0) is 4.79 Å². The molecule has 0 aliphatic heterocycles. The standard InChI is InChI=1S/C20H18F2N4OS/c1-12(19(27)23-14-6-4-5-13(21)11-14)28-20-25-24-18(26(20)15-9-10-15)16-7-2-3-8-17(16)22/h2-8,11-12,15H,9-10H2,1H3,(H,23,27)/t12-/m0/s1. The third-order valence-corrected chi connectivity index (χ3v) is 5.49. The van der Waals surface area contributed by atoms with Gasteiger partial charge in [-0.1, -0.05) is 30.0 Å². The summed E-state index contributed by atoms with van der Waals surface area (Å²) in [6.07, 6.45) is 1.94. The fourth-order valence-electron chi connectivity index (χ4n) is 2.87. The highest BCUT2D eigenvalue weighted by Crippen LogP contribution is 2.42. The van der Waals surface area contributed by atoms with Crippen molar-refractivity contribution < 1.29 is 13.6 Å². The molecule has 0 unspecified atom stereocenters. The number of hydrogen-bond donors (Lipinski definition) is 1. The molecule has 28 heavy (non-hydrogen) atoms. The highest BCUT2D eigenvalue weighted by Gasteiger charge is 2.32. The average molecular weight is 400 g/mol. The molecular weight excluding hydrogens is 382 g/mol. The van der Waals surface area contributed by atoms with E-state index in [2.05, 4.69) is 15.5 Å². The summed E-state index contributed by atoms with van der Waals surface area (Å²) in [5.41, 5.74) is 0.791. The highest BCUT2D eigenvalue weighted by molar-refractivity contribution is 8.00. The van der Waals surface area contributed by atoms with Gasteiger partial charge in [0.2, 0.25) is 5.91 Å². The lowest BCUT2D eigenvalue weighted by Crippen LogP contribution is -2.23. The van der Waals surface area contributed by atoms with Crippen molar-refractivity contribution in [3.63, 3.8) is 0 Å². The largest absolute Gasteiger partial charge is 0.325 e. The molecule has 1 aliphatic rings.